The monoisotopic (exact) mass is 609 g/mol. The molecule has 0 heterocycles. The van der Waals surface area contributed by atoms with E-state index >= 15 is 0 Å². The Morgan fingerprint density at radius 1 is 0.818 bits per heavy atom. The summed E-state index contributed by atoms with van der Waals surface area (Å²) in [5.41, 5.74) is -0.983. The van der Waals surface area contributed by atoms with Crippen molar-refractivity contribution in [2.75, 3.05) is 18.5 Å². The average molecular weight is 610 g/mol. The highest BCUT2D eigenvalue weighted by molar-refractivity contribution is 6.23. The van der Waals surface area contributed by atoms with Crippen LogP contribution in [0.3, 0.4) is 0 Å². The lowest BCUT2D eigenvalue weighted by Crippen LogP contribution is -2.56. The lowest BCUT2D eigenvalue weighted by molar-refractivity contribution is -0.143. The van der Waals surface area contributed by atoms with E-state index in [1.165, 1.54) is 0 Å². The van der Waals surface area contributed by atoms with Gasteiger partial charge in [0.25, 0.3) is 0 Å². The van der Waals surface area contributed by atoms with Crippen molar-refractivity contribution in [1.82, 2.24) is 10.6 Å². The first-order valence-electron chi connectivity index (χ1n) is 14.9. The van der Waals surface area contributed by atoms with Gasteiger partial charge in [0.1, 0.15) is 22.8 Å². The Bertz CT molecular complexity index is 1450. The predicted molar refractivity (Wildman–Crippen MR) is 172 cm³/mol. The summed E-state index contributed by atoms with van der Waals surface area (Å²) >= 11 is 0. The van der Waals surface area contributed by atoms with E-state index in [1.807, 2.05) is 50.3 Å². The number of Topliss-reactive ketones (excluding diaryl/α,β-unsaturated/α-hetero) is 1. The number of hydrogen-bond donors (Lipinski definition) is 3. The van der Waals surface area contributed by atoms with Crippen LogP contribution in [-0.4, -0.2) is 65.3 Å². The van der Waals surface area contributed by atoms with Crippen LogP contribution in [0.4, 0.5) is 15.3 Å². The minimum Gasteiger partial charge on any atom is -0.444 e. The first kappa shape index (κ1) is 34.6. The van der Waals surface area contributed by atoms with E-state index in [2.05, 4.69) is 16.0 Å². The summed E-state index contributed by atoms with van der Waals surface area (Å²) in [6.07, 6.45) is 2.41. The lowest BCUT2D eigenvalue weighted by atomic mass is 9.90. The molecule has 44 heavy (non-hydrogen) atoms. The Hall–Kier alpha value is -3.92. The average Bonchev–Trinajstić information content (AvgIpc) is 2.86. The molecule has 1 unspecified atom stereocenters. The van der Waals surface area contributed by atoms with Gasteiger partial charge in [0.2, 0.25) is 0 Å². The van der Waals surface area contributed by atoms with Crippen LogP contribution in [0.2, 0.25) is 0 Å². The minimum absolute atomic E-state index is 0.0564. The second-order valence-corrected chi connectivity index (χ2v) is 14.2. The summed E-state index contributed by atoms with van der Waals surface area (Å²) in [4.78, 5) is 51.4. The van der Waals surface area contributed by atoms with Gasteiger partial charge in [0.15, 0.2) is 11.6 Å². The van der Waals surface area contributed by atoms with Crippen molar-refractivity contribution in [2.24, 2.45) is 0 Å². The fraction of sp³-hybridized carbons (Fsp3) is 0.529. The number of benzene rings is 2. The number of anilines is 1. The number of allylic oxidation sites excluding steroid dienone is 1. The maximum Gasteiger partial charge on any atom is 0.408 e. The Kier molecular flexibility index (Phi) is 10.2. The molecular weight excluding hydrogens is 562 g/mol. The number of ether oxygens (including phenoxy) is 3. The molecule has 1 atom stereocenters. The molecule has 2 aromatic carbocycles. The zero-order chi connectivity index (χ0) is 33.1. The van der Waals surface area contributed by atoms with Crippen molar-refractivity contribution >= 4 is 46.3 Å². The predicted octanol–water partition coefficient (Wildman–Crippen LogP) is 6.41. The molecular formula is C34H47N3O7. The number of rotatable bonds is 11. The molecule has 0 saturated carbocycles. The number of alkyl carbamates (subject to hydrolysis) is 2. The van der Waals surface area contributed by atoms with Crippen LogP contribution in [0.5, 0.6) is 0 Å². The Morgan fingerprint density at radius 3 is 2.09 bits per heavy atom. The maximum atomic E-state index is 13.6. The van der Waals surface area contributed by atoms with Gasteiger partial charge >= 0.3 is 12.2 Å². The fourth-order valence-corrected chi connectivity index (χ4v) is 4.79. The molecule has 0 aromatic heterocycles. The third kappa shape index (κ3) is 9.54. The van der Waals surface area contributed by atoms with Crippen molar-refractivity contribution in [3.8, 4) is 0 Å². The number of carbonyl (C=O) groups excluding carboxylic acids is 4. The molecule has 0 aliphatic heterocycles. The summed E-state index contributed by atoms with van der Waals surface area (Å²) in [7, 11) is 0. The number of amides is 2. The van der Waals surface area contributed by atoms with Gasteiger partial charge in [-0.15, -0.1) is 0 Å². The van der Waals surface area contributed by atoms with Crippen molar-refractivity contribution in [3.05, 3.63) is 47.5 Å². The summed E-state index contributed by atoms with van der Waals surface area (Å²) in [5.74, 6) is -0.506. The molecule has 2 aromatic rings. The highest BCUT2D eigenvalue weighted by Crippen LogP contribution is 2.35. The molecule has 3 N–H and O–H groups in total. The molecule has 0 saturated heterocycles. The lowest BCUT2D eigenvalue weighted by Gasteiger charge is -2.33. The van der Waals surface area contributed by atoms with Gasteiger partial charge in [-0.1, -0.05) is 30.3 Å². The molecule has 10 nitrogen and oxygen atoms in total. The third-order valence-corrected chi connectivity index (χ3v) is 6.85. The van der Waals surface area contributed by atoms with Crippen LogP contribution >= 0.6 is 0 Å². The molecule has 0 bridgehead atoms. The van der Waals surface area contributed by atoms with Gasteiger partial charge in [-0.3, -0.25) is 9.59 Å². The van der Waals surface area contributed by atoms with E-state index in [0.717, 1.165) is 22.0 Å². The van der Waals surface area contributed by atoms with E-state index in [9.17, 15) is 19.2 Å². The fourth-order valence-electron chi connectivity index (χ4n) is 4.79. The SMILES string of the molecule is CC(C)(CCOC(C)(C)C(=O)C(CNC(=O)OC(C)(C)C)NC(=O)OC(C)(C)C)Nc1ccc2cccc3c2c1C(=O)C=C3. The molecule has 1 aliphatic rings. The molecule has 0 fully saturated rings. The number of carbonyl (C=O) groups is 4. The number of ketones is 2. The van der Waals surface area contributed by atoms with Crippen LogP contribution in [0, 0.1) is 0 Å². The van der Waals surface area contributed by atoms with Crippen LogP contribution in [0.25, 0.3) is 16.8 Å². The van der Waals surface area contributed by atoms with Gasteiger partial charge in [0.05, 0.1) is 12.2 Å². The van der Waals surface area contributed by atoms with E-state index < -0.39 is 46.4 Å². The summed E-state index contributed by atoms with van der Waals surface area (Å²) in [6.45, 7) is 17.5. The quantitative estimate of drug-likeness (QED) is 0.266. The molecule has 10 heteroatoms. The number of hydrogen-bond acceptors (Lipinski definition) is 8. The molecule has 0 spiro atoms. The van der Waals surface area contributed by atoms with Crippen molar-refractivity contribution < 1.29 is 33.4 Å². The summed E-state index contributed by atoms with van der Waals surface area (Å²) < 4.78 is 16.7. The highest BCUT2D eigenvalue weighted by Gasteiger charge is 2.37. The van der Waals surface area contributed by atoms with E-state index in [4.69, 9.17) is 14.2 Å². The van der Waals surface area contributed by atoms with Crippen molar-refractivity contribution in [2.45, 2.75) is 104 Å². The topological polar surface area (TPSA) is 132 Å². The van der Waals surface area contributed by atoms with Gasteiger partial charge in [0, 0.05) is 23.2 Å². The van der Waals surface area contributed by atoms with Gasteiger partial charge < -0.3 is 30.2 Å². The second-order valence-electron chi connectivity index (χ2n) is 14.2. The van der Waals surface area contributed by atoms with E-state index in [-0.39, 0.29) is 18.9 Å². The standard InChI is InChI=1S/C34H47N3O7/c1-31(2,3)43-29(40)35-20-24(36-30(41)44-32(4,5)6)28(39)34(9,10)42-19-18-33(7,8)37-23-16-14-21-12-11-13-22-15-17-25(38)27(23)26(21)22/h11-17,24,37H,18-20H2,1-10H3,(H,35,40)(H,36,41). The Labute approximate surface area is 260 Å². The molecule has 3 rings (SSSR count). The molecule has 2 amide bonds. The minimum atomic E-state index is -1.32. The highest BCUT2D eigenvalue weighted by atomic mass is 16.6. The Balaban J connectivity index is 1.69. The normalized spacial score (nSPS) is 14.2. The van der Waals surface area contributed by atoms with E-state index in [0.29, 0.717) is 12.0 Å². The smallest absolute Gasteiger partial charge is 0.408 e. The first-order valence-corrected chi connectivity index (χ1v) is 14.9. The zero-order valence-electron chi connectivity index (χ0n) is 27.6. The zero-order valence-corrected chi connectivity index (χ0v) is 27.6. The third-order valence-electron chi connectivity index (χ3n) is 6.85. The molecule has 0 radical (unpaired) electrons. The Morgan fingerprint density at radius 2 is 1.45 bits per heavy atom. The number of nitrogens with one attached hydrogen (secondary N) is 3. The van der Waals surface area contributed by atoms with Gasteiger partial charge in [-0.2, -0.15) is 0 Å². The second kappa shape index (κ2) is 13.0. The van der Waals surface area contributed by atoms with Crippen molar-refractivity contribution in [3.63, 3.8) is 0 Å². The molecule has 1 aliphatic carbocycles. The molecule has 240 valence electrons. The first-order chi connectivity index (χ1) is 20.2. The van der Waals surface area contributed by atoms with Gasteiger partial charge in [-0.25, -0.2) is 9.59 Å². The van der Waals surface area contributed by atoms with Gasteiger partial charge in [-0.05, 0) is 98.8 Å². The van der Waals surface area contributed by atoms with Crippen LogP contribution < -0.4 is 16.0 Å². The van der Waals surface area contributed by atoms with Crippen molar-refractivity contribution in [1.29, 1.82) is 0 Å². The maximum absolute atomic E-state index is 13.6. The van der Waals surface area contributed by atoms with Crippen LogP contribution in [-0.2, 0) is 19.0 Å². The summed E-state index contributed by atoms with van der Waals surface area (Å²) in [5, 5.41) is 10.5. The van der Waals surface area contributed by atoms with E-state index in [1.54, 1.807) is 61.5 Å². The van der Waals surface area contributed by atoms with Crippen LogP contribution in [0.15, 0.2) is 36.4 Å². The van der Waals surface area contributed by atoms with Crippen LogP contribution in [0.1, 0.15) is 91.6 Å². The summed E-state index contributed by atoms with van der Waals surface area (Å²) in [6, 6.07) is 8.72. The largest absolute Gasteiger partial charge is 0.444 e.